The number of nitrogens with zero attached hydrogens (tertiary/aromatic N) is 1. The number of benzene rings is 2. The Hall–Kier alpha value is -3.85. The van der Waals surface area contributed by atoms with Crippen molar-refractivity contribution in [2.75, 3.05) is 7.11 Å². The van der Waals surface area contributed by atoms with Gasteiger partial charge in [-0.3, -0.25) is 23.5 Å². The molecule has 2 aromatic carbocycles. The summed E-state index contributed by atoms with van der Waals surface area (Å²) >= 11 is 0. The van der Waals surface area contributed by atoms with Gasteiger partial charge in [-0.05, 0) is 36.3 Å². The van der Waals surface area contributed by atoms with Gasteiger partial charge in [-0.2, -0.15) is 0 Å². The number of β-lactam (4-membered cyclic amide) rings is 1. The molecule has 9 heteroatoms. The first-order valence-electron chi connectivity index (χ1n) is 10.5. The lowest BCUT2D eigenvalue weighted by Gasteiger charge is -2.50. The Morgan fingerprint density at radius 2 is 1.65 bits per heavy atom. The normalized spacial score (nSPS) is 23.8. The molecule has 2 unspecified atom stereocenters. The van der Waals surface area contributed by atoms with Gasteiger partial charge in [0.15, 0.2) is 5.78 Å². The third kappa shape index (κ3) is 4.10. The van der Waals surface area contributed by atoms with Crippen molar-refractivity contribution >= 4 is 40.4 Å². The number of allylic oxidation sites excluding steroid dienone is 1. The Bertz CT molecular complexity index is 1240. The molecule has 1 fully saturated rings. The van der Waals surface area contributed by atoms with Crippen LogP contribution in [-0.2, 0) is 29.9 Å². The second kappa shape index (κ2) is 9.56. The predicted octanol–water partition coefficient (Wildman–Crippen LogP) is 1.81. The smallest absolute Gasteiger partial charge is 0.354 e. The van der Waals surface area contributed by atoms with E-state index in [4.69, 9.17) is 4.74 Å². The summed E-state index contributed by atoms with van der Waals surface area (Å²) in [5.74, 6) is -2.40. The molecule has 34 heavy (non-hydrogen) atoms. The van der Waals surface area contributed by atoms with Crippen LogP contribution < -0.4 is 5.32 Å². The molecule has 174 valence electrons. The van der Waals surface area contributed by atoms with Crippen molar-refractivity contribution in [1.82, 2.24) is 10.2 Å². The van der Waals surface area contributed by atoms with Crippen molar-refractivity contribution in [3.05, 3.63) is 89.1 Å². The molecule has 4 rings (SSSR count). The monoisotopic (exact) mass is 478 g/mol. The van der Waals surface area contributed by atoms with Gasteiger partial charge < -0.3 is 10.1 Å². The van der Waals surface area contributed by atoms with Crippen LogP contribution in [0.15, 0.2) is 78.0 Å². The number of methoxy groups -OCH3 is 1. The predicted molar refractivity (Wildman–Crippen MR) is 125 cm³/mol. The molecule has 0 bridgehead atoms. The summed E-state index contributed by atoms with van der Waals surface area (Å²) in [7, 11) is -0.762. The zero-order chi connectivity index (χ0) is 24.4. The highest BCUT2D eigenvalue weighted by Crippen LogP contribution is 2.39. The van der Waals surface area contributed by atoms with Crippen LogP contribution in [0.25, 0.3) is 6.08 Å². The molecule has 8 nitrogen and oxygen atoms in total. The number of nitrogens with one attached hydrogen (secondary N) is 1. The summed E-state index contributed by atoms with van der Waals surface area (Å²) in [6.07, 6.45) is 2.90. The lowest BCUT2D eigenvalue weighted by atomic mass is 9.99. The van der Waals surface area contributed by atoms with Gasteiger partial charge in [-0.25, -0.2) is 4.79 Å². The number of ether oxygens (including phenoxy) is 1. The van der Waals surface area contributed by atoms with Crippen LogP contribution in [-0.4, -0.2) is 56.5 Å². The average molecular weight is 479 g/mol. The first kappa shape index (κ1) is 23.3. The third-order valence-corrected chi connectivity index (χ3v) is 7.73. The van der Waals surface area contributed by atoms with Gasteiger partial charge in [0.1, 0.15) is 22.4 Å². The molecule has 0 spiro atoms. The van der Waals surface area contributed by atoms with E-state index in [-0.39, 0.29) is 11.3 Å². The molecule has 2 amide bonds. The Labute approximate surface area is 198 Å². The van der Waals surface area contributed by atoms with Gasteiger partial charge >= 0.3 is 5.97 Å². The second-order valence-corrected chi connectivity index (χ2v) is 9.41. The highest BCUT2D eigenvalue weighted by Gasteiger charge is 2.60. The summed E-state index contributed by atoms with van der Waals surface area (Å²) in [5.41, 5.74) is 1.17. The molecule has 2 heterocycles. The quantitative estimate of drug-likeness (QED) is 0.385. The van der Waals surface area contributed by atoms with Gasteiger partial charge in [-0.15, -0.1) is 0 Å². The summed E-state index contributed by atoms with van der Waals surface area (Å²) in [6.45, 7) is 1.49. The van der Waals surface area contributed by atoms with Crippen LogP contribution >= 0.6 is 0 Å². The topological polar surface area (TPSA) is 110 Å². The zero-order valence-corrected chi connectivity index (χ0v) is 19.3. The zero-order valence-electron chi connectivity index (χ0n) is 18.5. The molecule has 2 aromatic rings. The molecule has 4 atom stereocenters. The van der Waals surface area contributed by atoms with E-state index in [1.54, 1.807) is 36.4 Å². The van der Waals surface area contributed by atoms with Crippen LogP contribution in [0.1, 0.15) is 22.8 Å². The van der Waals surface area contributed by atoms with Crippen LogP contribution in [0.4, 0.5) is 0 Å². The van der Waals surface area contributed by atoms with Crippen molar-refractivity contribution in [3.63, 3.8) is 0 Å². The lowest BCUT2D eigenvalue weighted by molar-refractivity contribution is -0.150. The first-order chi connectivity index (χ1) is 16.3. The van der Waals surface area contributed by atoms with E-state index in [9.17, 15) is 23.4 Å². The van der Waals surface area contributed by atoms with Crippen molar-refractivity contribution in [1.29, 1.82) is 0 Å². The number of hydrogen-bond donors (Lipinski definition) is 1. The summed E-state index contributed by atoms with van der Waals surface area (Å²) < 4.78 is 18.3. The molecule has 0 aliphatic carbocycles. The van der Waals surface area contributed by atoms with E-state index in [1.165, 1.54) is 13.0 Å². The minimum Gasteiger partial charge on any atom is -0.464 e. The molecule has 0 radical (unpaired) electrons. The maximum atomic E-state index is 13.5. The van der Waals surface area contributed by atoms with E-state index < -0.39 is 51.0 Å². The number of esters is 1. The Morgan fingerprint density at radius 3 is 2.26 bits per heavy atom. The number of ketones is 1. The number of amides is 2. The van der Waals surface area contributed by atoms with Crippen molar-refractivity contribution in [3.8, 4) is 0 Å². The summed E-state index contributed by atoms with van der Waals surface area (Å²) in [6, 6.07) is 16.2. The number of carbonyl (C=O) groups is 4. The van der Waals surface area contributed by atoms with Gasteiger partial charge in [-0.1, -0.05) is 54.6 Å². The number of fused-ring (bicyclic) bond motifs is 1. The van der Waals surface area contributed by atoms with E-state index >= 15 is 0 Å². The SMILES string of the molecule is COC(=O)C1=C(C)C(C(=O)/C=C/c2ccccc2)S(=O)[C@@H]2[C@H](NC(=O)c3ccccc3)C(=O)N12. The molecule has 0 aromatic heterocycles. The number of rotatable bonds is 6. The number of carbonyl (C=O) groups excluding carboxylic acids is 4. The Balaban J connectivity index is 1.66. The fourth-order valence-electron chi connectivity index (χ4n) is 4.03. The summed E-state index contributed by atoms with van der Waals surface area (Å²) in [5, 5.41) is 0.355. The van der Waals surface area contributed by atoms with Crippen LogP contribution in [0.5, 0.6) is 0 Å². The molecule has 2 aliphatic heterocycles. The van der Waals surface area contributed by atoms with E-state index in [1.807, 2.05) is 30.3 Å². The lowest BCUT2D eigenvalue weighted by Crippen LogP contribution is -2.74. The largest absolute Gasteiger partial charge is 0.464 e. The van der Waals surface area contributed by atoms with Gasteiger partial charge in [0, 0.05) is 5.56 Å². The van der Waals surface area contributed by atoms with E-state index in [0.717, 1.165) is 17.6 Å². The maximum absolute atomic E-state index is 13.5. The first-order valence-corrected chi connectivity index (χ1v) is 11.8. The molecule has 1 N–H and O–H groups in total. The van der Waals surface area contributed by atoms with E-state index in [0.29, 0.717) is 5.56 Å². The summed E-state index contributed by atoms with van der Waals surface area (Å²) in [4.78, 5) is 52.2. The van der Waals surface area contributed by atoms with Crippen LogP contribution in [0.2, 0.25) is 0 Å². The van der Waals surface area contributed by atoms with Crippen LogP contribution in [0, 0.1) is 0 Å². The Morgan fingerprint density at radius 1 is 1.03 bits per heavy atom. The van der Waals surface area contributed by atoms with Gasteiger partial charge in [0.2, 0.25) is 0 Å². The van der Waals surface area contributed by atoms with Gasteiger partial charge in [0.05, 0.1) is 17.9 Å². The third-order valence-electron chi connectivity index (χ3n) is 5.72. The minimum atomic E-state index is -1.92. The molecule has 0 saturated carbocycles. The van der Waals surface area contributed by atoms with Crippen molar-refractivity contribution in [2.24, 2.45) is 0 Å². The minimum absolute atomic E-state index is 0.117. The Kier molecular flexibility index (Phi) is 6.56. The van der Waals surface area contributed by atoms with Gasteiger partial charge in [0.25, 0.3) is 11.8 Å². The van der Waals surface area contributed by atoms with E-state index in [2.05, 4.69) is 5.32 Å². The maximum Gasteiger partial charge on any atom is 0.354 e. The highest BCUT2D eigenvalue weighted by atomic mass is 32.2. The molecular formula is C25H22N2O6S. The molecule has 2 aliphatic rings. The standard InChI is InChI=1S/C25H22N2O6S/c1-15-20(25(31)33-2)27-23(30)19(26-22(29)17-11-7-4-8-12-17)24(27)34(32)21(15)18(28)14-13-16-9-5-3-6-10-16/h3-14,19,21,24H,1-2H3,(H,26,29)/b14-13+/t19-,21?,24-,34?/m1/s1. The van der Waals surface area contributed by atoms with Crippen molar-refractivity contribution < 1.29 is 28.1 Å². The molecule has 1 saturated heterocycles. The number of hydrogen-bond acceptors (Lipinski definition) is 6. The fraction of sp³-hybridized carbons (Fsp3) is 0.200. The average Bonchev–Trinajstić information content (AvgIpc) is 2.86. The van der Waals surface area contributed by atoms with Crippen LogP contribution in [0.3, 0.4) is 0 Å². The second-order valence-electron chi connectivity index (χ2n) is 7.79. The fourth-order valence-corrected chi connectivity index (χ4v) is 5.94. The molecular weight excluding hydrogens is 456 g/mol. The van der Waals surface area contributed by atoms with Crippen molar-refractivity contribution in [2.45, 2.75) is 23.6 Å². The highest BCUT2D eigenvalue weighted by molar-refractivity contribution is 7.87.